The van der Waals surface area contributed by atoms with Crippen LogP contribution in [0.3, 0.4) is 0 Å². The van der Waals surface area contributed by atoms with Crippen LogP contribution >= 0.6 is 0 Å². The molecule has 2 aliphatic carbocycles. The summed E-state index contributed by atoms with van der Waals surface area (Å²) >= 11 is 0. The minimum atomic E-state index is 0.0302. The van der Waals surface area contributed by atoms with Crippen molar-refractivity contribution < 1.29 is 9.59 Å². The Bertz CT molecular complexity index is 918. The Morgan fingerprint density at radius 1 is 0.931 bits per heavy atom. The Kier molecular flexibility index (Phi) is 4.64. The maximum Gasteiger partial charge on any atom is 0.226 e. The maximum absolute atomic E-state index is 13.2. The van der Waals surface area contributed by atoms with Gasteiger partial charge in [-0.1, -0.05) is 0 Å². The van der Waals surface area contributed by atoms with E-state index >= 15 is 0 Å². The summed E-state index contributed by atoms with van der Waals surface area (Å²) in [4.78, 5) is 30.2. The third-order valence-corrected chi connectivity index (χ3v) is 6.95. The molecule has 1 aliphatic heterocycles. The van der Waals surface area contributed by atoms with Gasteiger partial charge in [0, 0.05) is 48.9 Å². The van der Waals surface area contributed by atoms with E-state index in [-0.39, 0.29) is 29.7 Å². The predicted octanol–water partition coefficient (Wildman–Crippen LogP) is 1.10. The van der Waals surface area contributed by atoms with Gasteiger partial charge in [0.15, 0.2) is 0 Å². The van der Waals surface area contributed by atoms with E-state index in [0.29, 0.717) is 19.6 Å². The normalized spacial score (nSPS) is 26.7. The molecule has 2 aromatic rings. The van der Waals surface area contributed by atoms with Crippen LogP contribution in [-0.2, 0) is 35.3 Å². The Morgan fingerprint density at radius 3 is 2.10 bits per heavy atom. The summed E-state index contributed by atoms with van der Waals surface area (Å²) in [6.07, 6.45) is 8.76. The molecule has 8 nitrogen and oxygen atoms in total. The summed E-state index contributed by atoms with van der Waals surface area (Å²) in [5, 5.41) is 14.3. The van der Waals surface area contributed by atoms with Gasteiger partial charge in [0.1, 0.15) is 0 Å². The molecule has 0 spiro atoms. The number of hydrogen-bond donors (Lipinski definition) is 2. The molecule has 3 aliphatic rings. The molecule has 5 rings (SSSR count). The van der Waals surface area contributed by atoms with Gasteiger partial charge in [0.05, 0.1) is 12.4 Å². The van der Waals surface area contributed by atoms with E-state index in [2.05, 4.69) is 27.3 Å². The lowest BCUT2D eigenvalue weighted by Crippen LogP contribution is -2.58. The lowest BCUT2D eigenvalue weighted by Gasteiger charge is -2.42. The van der Waals surface area contributed by atoms with Crippen molar-refractivity contribution in [2.45, 2.75) is 51.5 Å². The number of nitrogens with zero attached hydrogens (tertiary/aromatic N) is 4. The smallest absolute Gasteiger partial charge is 0.226 e. The second kappa shape index (κ2) is 7.31. The van der Waals surface area contributed by atoms with Crippen LogP contribution in [0.15, 0.2) is 12.4 Å². The van der Waals surface area contributed by atoms with Crippen LogP contribution in [0.25, 0.3) is 0 Å². The fourth-order valence-corrected chi connectivity index (χ4v) is 5.23. The number of amides is 2. The summed E-state index contributed by atoms with van der Waals surface area (Å²) in [6, 6.07) is 0.0547. The minimum absolute atomic E-state index is 0.0302. The van der Waals surface area contributed by atoms with Crippen LogP contribution in [0.1, 0.15) is 42.3 Å². The molecule has 2 N–H and O–H groups in total. The Hall–Kier alpha value is -2.64. The fourth-order valence-electron chi connectivity index (χ4n) is 5.23. The number of aromatic amines is 2. The van der Waals surface area contributed by atoms with Crippen molar-refractivity contribution in [2.24, 2.45) is 11.8 Å². The number of aryl methyl sites for hydroxylation is 2. The maximum atomic E-state index is 13.2. The molecule has 8 heteroatoms. The van der Waals surface area contributed by atoms with Crippen molar-refractivity contribution in [3.05, 3.63) is 34.9 Å². The Morgan fingerprint density at radius 2 is 1.52 bits per heavy atom. The lowest BCUT2D eigenvalue weighted by atomic mass is 9.86. The van der Waals surface area contributed by atoms with Crippen molar-refractivity contribution in [3.8, 4) is 0 Å². The molecule has 0 saturated carbocycles. The minimum Gasteiger partial charge on any atom is -0.339 e. The first-order valence-corrected chi connectivity index (χ1v) is 10.7. The molecule has 1 saturated heterocycles. The van der Waals surface area contributed by atoms with Gasteiger partial charge < -0.3 is 9.80 Å². The third-order valence-electron chi connectivity index (χ3n) is 6.95. The van der Waals surface area contributed by atoms with Gasteiger partial charge >= 0.3 is 0 Å². The van der Waals surface area contributed by atoms with E-state index in [4.69, 9.17) is 0 Å². The fraction of sp³-hybridized carbons (Fsp3) is 0.619. The first-order valence-electron chi connectivity index (χ1n) is 10.7. The molecule has 1 fully saturated rings. The molecule has 2 amide bonds. The lowest BCUT2D eigenvalue weighted by molar-refractivity contribution is -0.147. The van der Waals surface area contributed by atoms with E-state index in [1.54, 1.807) is 0 Å². The van der Waals surface area contributed by atoms with Crippen LogP contribution < -0.4 is 0 Å². The zero-order valence-electron chi connectivity index (χ0n) is 16.9. The summed E-state index contributed by atoms with van der Waals surface area (Å²) in [7, 11) is 0. The van der Waals surface area contributed by atoms with Crippen LogP contribution in [0.2, 0.25) is 0 Å². The average molecular weight is 396 g/mol. The standard InChI is InChI=1S/C21H28N6O2/c1-13-12-26(20(28)14-2-4-18-16(8-14)10-22-24-18)6-7-27(13)21(29)15-3-5-19-17(9-15)11-23-25-19/h10-11,13-15H,2-9,12H2,1H3,(H,22,24)(H,23,25)/t13-,14?,15?/m0/s1. The summed E-state index contributed by atoms with van der Waals surface area (Å²) in [5.41, 5.74) is 4.69. The molecule has 0 aromatic carbocycles. The van der Waals surface area contributed by atoms with Crippen molar-refractivity contribution in [1.82, 2.24) is 30.2 Å². The van der Waals surface area contributed by atoms with Crippen molar-refractivity contribution in [1.29, 1.82) is 0 Å². The van der Waals surface area contributed by atoms with Crippen molar-refractivity contribution in [3.63, 3.8) is 0 Å². The van der Waals surface area contributed by atoms with Gasteiger partial charge in [-0.2, -0.15) is 10.2 Å². The zero-order chi connectivity index (χ0) is 20.0. The number of fused-ring (bicyclic) bond motifs is 2. The molecule has 2 aromatic heterocycles. The quantitative estimate of drug-likeness (QED) is 0.794. The Labute approximate surface area is 170 Å². The van der Waals surface area contributed by atoms with Crippen molar-refractivity contribution in [2.75, 3.05) is 19.6 Å². The molecular formula is C21H28N6O2. The average Bonchev–Trinajstić information content (AvgIpc) is 3.40. The summed E-state index contributed by atoms with van der Waals surface area (Å²) < 4.78 is 0. The molecule has 29 heavy (non-hydrogen) atoms. The van der Waals surface area contributed by atoms with Crippen LogP contribution in [0.5, 0.6) is 0 Å². The number of carbonyl (C=O) groups is 2. The number of aromatic nitrogens is 4. The number of piperazine rings is 1. The third kappa shape index (κ3) is 3.34. The predicted molar refractivity (Wildman–Crippen MR) is 106 cm³/mol. The highest BCUT2D eigenvalue weighted by molar-refractivity contribution is 5.82. The molecule has 2 unspecified atom stereocenters. The number of H-pyrrole nitrogens is 2. The number of nitrogens with one attached hydrogen (secondary N) is 2. The van der Waals surface area contributed by atoms with E-state index in [1.807, 2.05) is 22.2 Å². The molecule has 3 heterocycles. The van der Waals surface area contributed by atoms with Gasteiger partial charge in [-0.05, 0) is 56.6 Å². The van der Waals surface area contributed by atoms with Gasteiger partial charge in [0.25, 0.3) is 0 Å². The SMILES string of the molecule is C[C@H]1CN(C(=O)C2CCc3[nH]ncc3C2)CCN1C(=O)C1CCc2[nH]ncc2C1. The summed E-state index contributed by atoms with van der Waals surface area (Å²) in [5.74, 6) is 0.531. The van der Waals surface area contributed by atoms with Crippen LogP contribution in [0.4, 0.5) is 0 Å². The first kappa shape index (κ1) is 18.4. The molecule has 0 radical (unpaired) electrons. The van der Waals surface area contributed by atoms with Gasteiger partial charge in [-0.15, -0.1) is 0 Å². The summed E-state index contributed by atoms with van der Waals surface area (Å²) in [6.45, 7) is 3.96. The number of carbonyl (C=O) groups excluding carboxylic acids is 2. The van der Waals surface area contributed by atoms with E-state index in [9.17, 15) is 9.59 Å². The molecule has 0 bridgehead atoms. The highest BCUT2D eigenvalue weighted by Crippen LogP contribution is 2.28. The largest absolute Gasteiger partial charge is 0.339 e. The number of hydrogen-bond acceptors (Lipinski definition) is 4. The van der Waals surface area contributed by atoms with Gasteiger partial charge in [0.2, 0.25) is 11.8 Å². The van der Waals surface area contributed by atoms with E-state index in [0.717, 1.165) is 38.5 Å². The van der Waals surface area contributed by atoms with E-state index < -0.39 is 0 Å². The van der Waals surface area contributed by atoms with E-state index in [1.165, 1.54) is 22.5 Å². The highest BCUT2D eigenvalue weighted by atomic mass is 16.2. The molecule has 3 atom stereocenters. The van der Waals surface area contributed by atoms with Gasteiger partial charge in [-0.25, -0.2) is 0 Å². The van der Waals surface area contributed by atoms with Crippen LogP contribution in [0, 0.1) is 11.8 Å². The zero-order valence-corrected chi connectivity index (χ0v) is 16.9. The second-order valence-electron chi connectivity index (χ2n) is 8.79. The van der Waals surface area contributed by atoms with Crippen molar-refractivity contribution >= 4 is 11.8 Å². The van der Waals surface area contributed by atoms with Crippen LogP contribution in [-0.4, -0.2) is 67.7 Å². The number of rotatable bonds is 2. The second-order valence-corrected chi connectivity index (χ2v) is 8.79. The molecular weight excluding hydrogens is 368 g/mol. The first-order chi connectivity index (χ1) is 14.1. The highest BCUT2D eigenvalue weighted by Gasteiger charge is 2.37. The topological polar surface area (TPSA) is 98.0 Å². The molecule has 154 valence electrons. The van der Waals surface area contributed by atoms with Gasteiger partial charge in [-0.3, -0.25) is 19.8 Å². The monoisotopic (exact) mass is 396 g/mol. The Balaban J connectivity index is 1.20.